The number of phenolic OH excluding ortho intramolecular Hbond substituents is 1. The Bertz CT molecular complexity index is 901. The van der Waals surface area contributed by atoms with Crippen molar-refractivity contribution in [3.8, 4) is 5.75 Å². The molecule has 160 valence electrons. The zero-order chi connectivity index (χ0) is 22.1. The molecule has 2 aromatic rings. The number of halogens is 1. The highest BCUT2D eigenvalue weighted by molar-refractivity contribution is 7.98. The SMILES string of the molecule is CSc1ccc(NC(=O)O[C@@H](c2ccc(O)c(F)c2)[C@H](C)CC/C=C/C(=O)O)cc1. The molecule has 2 aromatic carbocycles. The third-order valence-electron chi connectivity index (χ3n) is 4.44. The minimum absolute atomic E-state index is 0.239. The molecule has 30 heavy (non-hydrogen) atoms. The van der Waals surface area contributed by atoms with E-state index in [4.69, 9.17) is 9.84 Å². The van der Waals surface area contributed by atoms with Crippen molar-refractivity contribution in [1.29, 1.82) is 0 Å². The van der Waals surface area contributed by atoms with E-state index in [2.05, 4.69) is 5.32 Å². The highest BCUT2D eigenvalue weighted by Crippen LogP contribution is 2.32. The lowest BCUT2D eigenvalue weighted by Crippen LogP contribution is -2.22. The summed E-state index contributed by atoms with van der Waals surface area (Å²) in [5.74, 6) is -2.58. The van der Waals surface area contributed by atoms with E-state index in [0.717, 1.165) is 17.0 Å². The second kappa shape index (κ2) is 11.3. The molecule has 2 atom stereocenters. The predicted molar refractivity (Wildman–Crippen MR) is 114 cm³/mol. The van der Waals surface area contributed by atoms with Crippen molar-refractivity contribution in [2.45, 2.75) is 30.8 Å². The Kier molecular flexibility index (Phi) is 8.73. The Hall–Kier alpha value is -3.00. The van der Waals surface area contributed by atoms with E-state index in [0.29, 0.717) is 24.1 Å². The molecule has 0 spiro atoms. The first kappa shape index (κ1) is 23.3. The minimum Gasteiger partial charge on any atom is -0.505 e. The van der Waals surface area contributed by atoms with Crippen LogP contribution in [0.5, 0.6) is 5.75 Å². The van der Waals surface area contributed by atoms with Crippen molar-refractivity contribution in [2.75, 3.05) is 11.6 Å². The molecule has 0 saturated carbocycles. The van der Waals surface area contributed by atoms with Gasteiger partial charge in [0.1, 0.15) is 6.10 Å². The molecule has 0 fully saturated rings. The first-order valence-corrected chi connectivity index (χ1v) is 10.5. The van der Waals surface area contributed by atoms with Gasteiger partial charge in [0.2, 0.25) is 0 Å². The minimum atomic E-state index is -1.04. The van der Waals surface area contributed by atoms with Gasteiger partial charge in [-0.15, -0.1) is 11.8 Å². The number of hydrogen-bond acceptors (Lipinski definition) is 5. The van der Waals surface area contributed by atoms with E-state index < -0.39 is 29.7 Å². The summed E-state index contributed by atoms with van der Waals surface area (Å²) in [7, 11) is 0. The average Bonchev–Trinajstić information content (AvgIpc) is 2.72. The molecule has 0 aliphatic heterocycles. The van der Waals surface area contributed by atoms with Gasteiger partial charge >= 0.3 is 12.1 Å². The molecule has 0 saturated heterocycles. The van der Waals surface area contributed by atoms with E-state index in [1.54, 1.807) is 23.9 Å². The molecular formula is C22H24FNO5S. The van der Waals surface area contributed by atoms with E-state index >= 15 is 0 Å². The lowest BCUT2D eigenvalue weighted by molar-refractivity contribution is -0.131. The number of benzene rings is 2. The highest BCUT2D eigenvalue weighted by atomic mass is 32.2. The summed E-state index contributed by atoms with van der Waals surface area (Å²) < 4.78 is 19.5. The van der Waals surface area contributed by atoms with Crippen molar-refractivity contribution >= 4 is 29.5 Å². The normalized spacial score (nSPS) is 13.0. The van der Waals surface area contributed by atoms with Gasteiger partial charge < -0.3 is 14.9 Å². The number of allylic oxidation sites excluding steroid dienone is 1. The Morgan fingerprint density at radius 2 is 1.93 bits per heavy atom. The van der Waals surface area contributed by atoms with Crippen molar-refractivity contribution in [3.63, 3.8) is 0 Å². The lowest BCUT2D eigenvalue weighted by atomic mass is 9.93. The second-order valence-electron chi connectivity index (χ2n) is 6.69. The molecule has 0 aromatic heterocycles. The maximum atomic E-state index is 13.9. The zero-order valence-corrected chi connectivity index (χ0v) is 17.5. The Labute approximate surface area is 178 Å². The van der Waals surface area contributed by atoms with Crippen LogP contribution in [0.2, 0.25) is 0 Å². The molecule has 0 unspecified atom stereocenters. The molecule has 1 amide bonds. The maximum Gasteiger partial charge on any atom is 0.412 e. The number of anilines is 1. The topological polar surface area (TPSA) is 95.9 Å². The highest BCUT2D eigenvalue weighted by Gasteiger charge is 2.24. The third kappa shape index (κ3) is 7.11. The molecule has 0 bridgehead atoms. The summed E-state index contributed by atoms with van der Waals surface area (Å²) in [4.78, 5) is 24.1. The quantitative estimate of drug-likeness (QED) is 0.352. The Morgan fingerprint density at radius 3 is 2.53 bits per heavy atom. The number of amides is 1. The van der Waals surface area contributed by atoms with Gasteiger partial charge in [0, 0.05) is 16.7 Å². The molecular weight excluding hydrogens is 409 g/mol. The summed E-state index contributed by atoms with van der Waals surface area (Å²) in [6.45, 7) is 1.82. The second-order valence-corrected chi connectivity index (χ2v) is 7.57. The van der Waals surface area contributed by atoms with Crippen LogP contribution >= 0.6 is 11.8 Å². The largest absolute Gasteiger partial charge is 0.505 e. The third-order valence-corrected chi connectivity index (χ3v) is 5.18. The summed E-state index contributed by atoms with van der Waals surface area (Å²) in [6, 6.07) is 11.1. The van der Waals surface area contributed by atoms with Crippen LogP contribution in [-0.2, 0) is 9.53 Å². The number of nitrogens with one attached hydrogen (secondary N) is 1. The number of aliphatic carboxylic acids is 1. The zero-order valence-electron chi connectivity index (χ0n) is 16.7. The van der Waals surface area contributed by atoms with Crippen LogP contribution in [0, 0.1) is 11.7 Å². The van der Waals surface area contributed by atoms with E-state index in [1.807, 2.05) is 25.3 Å². The van der Waals surface area contributed by atoms with Gasteiger partial charge in [-0.25, -0.2) is 14.0 Å². The molecule has 0 aliphatic carbocycles. The number of aromatic hydroxyl groups is 1. The lowest BCUT2D eigenvalue weighted by Gasteiger charge is -2.25. The summed E-state index contributed by atoms with van der Waals surface area (Å²) in [5.41, 5.74) is 0.957. The fraction of sp³-hybridized carbons (Fsp3) is 0.273. The Balaban J connectivity index is 2.13. The van der Waals surface area contributed by atoms with E-state index in [9.17, 15) is 19.1 Å². The van der Waals surface area contributed by atoms with Gasteiger partial charge in [0.15, 0.2) is 11.6 Å². The monoisotopic (exact) mass is 433 g/mol. The van der Waals surface area contributed by atoms with Crippen LogP contribution in [0.3, 0.4) is 0 Å². The number of hydrogen-bond donors (Lipinski definition) is 3. The van der Waals surface area contributed by atoms with Crippen molar-refractivity contribution < 1.29 is 28.9 Å². The number of carboxylic acid groups (broad SMARTS) is 1. The molecule has 0 heterocycles. The van der Waals surface area contributed by atoms with Crippen LogP contribution in [0.15, 0.2) is 59.5 Å². The average molecular weight is 434 g/mol. The number of carbonyl (C=O) groups excluding carboxylic acids is 1. The smallest absolute Gasteiger partial charge is 0.412 e. The summed E-state index contributed by atoms with van der Waals surface area (Å²) in [6.07, 6.45) is 3.99. The van der Waals surface area contributed by atoms with Gasteiger partial charge in [0.25, 0.3) is 0 Å². The number of thioether (sulfide) groups is 1. The van der Waals surface area contributed by atoms with Crippen LogP contribution in [0.25, 0.3) is 0 Å². The molecule has 3 N–H and O–H groups in total. The maximum absolute atomic E-state index is 13.9. The van der Waals surface area contributed by atoms with Gasteiger partial charge in [-0.05, 0) is 67.0 Å². The van der Waals surface area contributed by atoms with Crippen molar-refractivity contribution in [3.05, 3.63) is 66.0 Å². The van der Waals surface area contributed by atoms with Crippen LogP contribution < -0.4 is 5.32 Å². The van der Waals surface area contributed by atoms with Crippen LogP contribution in [0.4, 0.5) is 14.9 Å². The summed E-state index contributed by atoms with van der Waals surface area (Å²) in [5, 5.41) is 20.8. The van der Waals surface area contributed by atoms with Gasteiger partial charge in [-0.3, -0.25) is 5.32 Å². The number of carbonyl (C=O) groups is 2. The number of rotatable bonds is 9. The predicted octanol–water partition coefficient (Wildman–Crippen LogP) is 5.60. The molecule has 2 rings (SSSR count). The first-order valence-electron chi connectivity index (χ1n) is 9.29. The first-order chi connectivity index (χ1) is 14.3. The molecule has 8 heteroatoms. The van der Waals surface area contributed by atoms with Crippen LogP contribution in [0.1, 0.15) is 31.4 Å². The standard InChI is InChI=1S/C22H24FNO5S/c1-14(5-3-4-6-20(26)27)21(15-7-12-19(25)18(23)13-15)29-22(28)24-16-8-10-17(30-2)11-9-16/h4,6-14,21,25H,3,5H2,1-2H3,(H,24,28)(H,26,27)/b6-4+/t14-,21-/m1/s1. The molecule has 0 radical (unpaired) electrons. The fourth-order valence-corrected chi connectivity index (χ4v) is 3.25. The number of ether oxygens (including phenoxy) is 1. The fourth-order valence-electron chi connectivity index (χ4n) is 2.84. The van der Waals surface area contributed by atoms with Crippen LogP contribution in [-0.4, -0.2) is 28.5 Å². The van der Waals surface area contributed by atoms with Gasteiger partial charge in [0.05, 0.1) is 0 Å². The number of phenols is 1. The number of carboxylic acids is 1. The van der Waals surface area contributed by atoms with Gasteiger partial charge in [-0.2, -0.15) is 0 Å². The van der Waals surface area contributed by atoms with Gasteiger partial charge in [-0.1, -0.05) is 19.1 Å². The molecule has 0 aliphatic rings. The van der Waals surface area contributed by atoms with Crippen molar-refractivity contribution in [1.82, 2.24) is 0 Å². The molecule has 6 nitrogen and oxygen atoms in total. The Morgan fingerprint density at radius 1 is 1.23 bits per heavy atom. The van der Waals surface area contributed by atoms with E-state index in [1.165, 1.54) is 18.2 Å². The van der Waals surface area contributed by atoms with E-state index in [-0.39, 0.29) is 5.92 Å². The summed E-state index contributed by atoms with van der Waals surface area (Å²) >= 11 is 1.58. The van der Waals surface area contributed by atoms with Crippen molar-refractivity contribution in [2.24, 2.45) is 5.92 Å².